The zero-order valence-electron chi connectivity index (χ0n) is 14.8. The van der Waals surface area contributed by atoms with Gasteiger partial charge in [0.25, 0.3) is 11.7 Å². The number of carbonyl (C=O) groups is 3. The van der Waals surface area contributed by atoms with Gasteiger partial charge in [0.2, 0.25) is 5.91 Å². The number of hydrogen-bond acceptors (Lipinski definition) is 4. The van der Waals surface area contributed by atoms with Gasteiger partial charge in [-0.25, -0.2) is 0 Å². The minimum Gasteiger partial charge on any atom is -0.494 e. The van der Waals surface area contributed by atoms with E-state index in [0.29, 0.717) is 23.2 Å². The summed E-state index contributed by atoms with van der Waals surface area (Å²) in [4.78, 5) is 35.7. The third-order valence-corrected chi connectivity index (χ3v) is 4.02. The maximum atomic E-state index is 12.4. The summed E-state index contributed by atoms with van der Waals surface area (Å²) in [6.45, 7) is 2.45. The second-order valence-corrected chi connectivity index (χ2v) is 5.89. The highest BCUT2D eigenvalue weighted by atomic mass is 16.5. The molecule has 2 aromatic carbocycles. The summed E-state index contributed by atoms with van der Waals surface area (Å²) in [5, 5.41) is 3.37. The van der Waals surface area contributed by atoms with Crippen LogP contribution in [-0.4, -0.2) is 28.8 Å². The molecule has 27 heavy (non-hydrogen) atoms. The van der Waals surface area contributed by atoms with Gasteiger partial charge in [0.1, 0.15) is 12.3 Å². The Hall–Kier alpha value is -3.61. The quantitative estimate of drug-likeness (QED) is 0.495. The topological polar surface area (TPSA) is 103 Å². The average Bonchev–Trinajstić information content (AvgIpc) is 3.01. The summed E-state index contributed by atoms with van der Waals surface area (Å²) in [7, 11) is 0. The first-order valence-electron chi connectivity index (χ1n) is 8.44. The number of ether oxygens (including phenoxy) is 1. The fourth-order valence-electron chi connectivity index (χ4n) is 2.85. The largest absolute Gasteiger partial charge is 0.494 e. The average molecular weight is 365 g/mol. The third-order valence-electron chi connectivity index (χ3n) is 4.02. The van der Waals surface area contributed by atoms with Crippen molar-refractivity contribution in [1.82, 2.24) is 4.57 Å². The maximum Gasteiger partial charge on any atom is 0.289 e. The number of carbonyl (C=O) groups excluding carboxylic acids is 3. The van der Waals surface area contributed by atoms with Crippen molar-refractivity contribution in [3.8, 4) is 5.75 Å². The SMILES string of the molecule is CCOc1ccc(NC(=O)Cn2cc(C(=O)C(N)=O)c3ccccc32)cc1. The predicted octanol–water partition coefficient (Wildman–Crippen LogP) is 2.35. The first kappa shape index (κ1) is 18.2. The zero-order valence-corrected chi connectivity index (χ0v) is 14.8. The van der Waals surface area contributed by atoms with E-state index in [-0.39, 0.29) is 18.0 Å². The summed E-state index contributed by atoms with van der Waals surface area (Å²) in [5.74, 6) is -1.35. The van der Waals surface area contributed by atoms with Crippen LogP contribution in [0.5, 0.6) is 5.75 Å². The first-order valence-corrected chi connectivity index (χ1v) is 8.44. The third kappa shape index (κ3) is 3.98. The fourth-order valence-corrected chi connectivity index (χ4v) is 2.85. The molecule has 7 heteroatoms. The Kier molecular flexibility index (Phi) is 5.21. The van der Waals surface area contributed by atoms with E-state index >= 15 is 0 Å². The molecule has 1 aromatic heterocycles. The van der Waals surface area contributed by atoms with E-state index in [0.717, 1.165) is 5.75 Å². The smallest absolute Gasteiger partial charge is 0.289 e. The summed E-state index contributed by atoms with van der Waals surface area (Å²) in [6, 6.07) is 14.1. The van der Waals surface area contributed by atoms with E-state index in [1.165, 1.54) is 6.20 Å². The fraction of sp³-hybridized carbons (Fsp3) is 0.150. The van der Waals surface area contributed by atoms with Crippen molar-refractivity contribution in [3.05, 3.63) is 60.3 Å². The van der Waals surface area contributed by atoms with Gasteiger partial charge in [0.05, 0.1) is 12.2 Å². The Balaban J connectivity index is 1.80. The van der Waals surface area contributed by atoms with E-state index in [2.05, 4.69) is 5.32 Å². The van der Waals surface area contributed by atoms with E-state index in [1.54, 1.807) is 53.1 Å². The molecule has 0 bridgehead atoms. The number of amides is 2. The van der Waals surface area contributed by atoms with Crippen LogP contribution in [0.15, 0.2) is 54.7 Å². The summed E-state index contributed by atoms with van der Waals surface area (Å²) < 4.78 is 6.99. The number of rotatable bonds is 7. The van der Waals surface area contributed by atoms with Crippen molar-refractivity contribution in [1.29, 1.82) is 0 Å². The first-order chi connectivity index (χ1) is 13.0. The van der Waals surface area contributed by atoms with Gasteiger partial charge < -0.3 is 20.4 Å². The van der Waals surface area contributed by atoms with Gasteiger partial charge in [0, 0.05) is 22.8 Å². The molecule has 0 saturated carbocycles. The number of aromatic nitrogens is 1. The van der Waals surface area contributed by atoms with Crippen LogP contribution in [0, 0.1) is 0 Å². The normalized spacial score (nSPS) is 10.6. The molecule has 3 rings (SSSR count). The number of benzene rings is 2. The highest BCUT2D eigenvalue weighted by Crippen LogP contribution is 2.22. The summed E-state index contributed by atoms with van der Waals surface area (Å²) >= 11 is 0. The molecule has 3 aromatic rings. The van der Waals surface area contributed by atoms with Gasteiger partial charge >= 0.3 is 0 Å². The molecule has 0 aliphatic heterocycles. The lowest BCUT2D eigenvalue weighted by Crippen LogP contribution is -2.23. The number of ketones is 1. The molecule has 0 fully saturated rings. The van der Waals surface area contributed by atoms with Crippen LogP contribution in [0.25, 0.3) is 10.9 Å². The van der Waals surface area contributed by atoms with Gasteiger partial charge in [-0.15, -0.1) is 0 Å². The van der Waals surface area contributed by atoms with Gasteiger partial charge in [-0.3, -0.25) is 14.4 Å². The van der Waals surface area contributed by atoms with E-state index < -0.39 is 11.7 Å². The van der Waals surface area contributed by atoms with Crippen LogP contribution in [-0.2, 0) is 16.1 Å². The van der Waals surface area contributed by atoms with E-state index in [1.807, 2.05) is 6.92 Å². The number of nitrogens with one attached hydrogen (secondary N) is 1. The number of anilines is 1. The van der Waals surface area contributed by atoms with Crippen molar-refractivity contribution in [2.45, 2.75) is 13.5 Å². The Morgan fingerprint density at radius 3 is 2.44 bits per heavy atom. The molecule has 0 radical (unpaired) electrons. The number of primary amides is 1. The molecular formula is C20H19N3O4. The predicted molar refractivity (Wildman–Crippen MR) is 102 cm³/mol. The van der Waals surface area contributed by atoms with Gasteiger partial charge in [-0.05, 0) is 37.3 Å². The molecule has 2 amide bonds. The van der Waals surface area contributed by atoms with Gasteiger partial charge in [0.15, 0.2) is 0 Å². The van der Waals surface area contributed by atoms with E-state index in [4.69, 9.17) is 10.5 Å². The standard InChI is InChI=1S/C20H19N3O4/c1-2-27-14-9-7-13(8-10-14)22-18(24)12-23-11-16(19(25)20(21)26)15-5-3-4-6-17(15)23/h3-11H,2,12H2,1H3,(H2,21,26)(H,22,24). The number of nitrogens with two attached hydrogens (primary N) is 1. The molecule has 0 spiro atoms. The Labute approximate surface area is 155 Å². The number of para-hydroxylation sites is 1. The number of Topliss-reactive ketones (excluding diaryl/α,β-unsaturated/α-hetero) is 1. The monoisotopic (exact) mass is 365 g/mol. The lowest BCUT2D eigenvalue weighted by molar-refractivity contribution is -0.116. The molecule has 1 heterocycles. The molecule has 0 saturated heterocycles. The lowest BCUT2D eigenvalue weighted by atomic mass is 10.1. The summed E-state index contributed by atoms with van der Waals surface area (Å²) in [6.07, 6.45) is 1.48. The lowest BCUT2D eigenvalue weighted by Gasteiger charge is -2.08. The zero-order chi connectivity index (χ0) is 19.4. The molecule has 138 valence electrons. The second kappa shape index (κ2) is 7.74. The minimum atomic E-state index is -1.03. The molecule has 0 aliphatic rings. The minimum absolute atomic E-state index is 0.0141. The summed E-state index contributed by atoms with van der Waals surface area (Å²) in [5.41, 5.74) is 6.61. The Bertz CT molecular complexity index is 1010. The van der Waals surface area contributed by atoms with Crippen LogP contribution >= 0.6 is 0 Å². The van der Waals surface area contributed by atoms with Crippen molar-refractivity contribution < 1.29 is 19.1 Å². The van der Waals surface area contributed by atoms with Gasteiger partial charge in [-0.1, -0.05) is 18.2 Å². The number of fused-ring (bicyclic) bond motifs is 1. The highest BCUT2D eigenvalue weighted by molar-refractivity contribution is 6.44. The Morgan fingerprint density at radius 1 is 1.07 bits per heavy atom. The van der Waals surface area contributed by atoms with Crippen LogP contribution in [0.2, 0.25) is 0 Å². The van der Waals surface area contributed by atoms with Crippen LogP contribution in [0.1, 0.15) is 17.3 Å². The number of hydrogen-bond donors (Lipinski definition) is 2. The van der Waals surface area contributed by atoms with Crippen LogP contribution in [0.3, 0.4) is 0 Å². The van der Waals surface area contributed by atoms with Gasteiger partial charge in [-0.2, -0.15) is 0 Å². The second-order valence-electron chi connectivity index (χ2n) is 5.89. The molecule has 3 N–H and O–H groups in total. The van der Waals surface area contributed by atoms with Crippen LogP contribution < -0.4 is 15.8 Å². The Morgan fingerprint density at radius 2 is 1.78 bits per heavy atom. The molecule has 7 nitrogen and oxygen atoms in total. The van der Waals surface area contributed by atoms with E-state index in [9.17, 15) is 14.4 Å². The molecule has 0 atom stereocenters. The van der Waals surface area contributed by atoms with Crippen molar-refractivity contribution in [2.75, 3.05) is 11.9 Å². The van der Waals surface area contributed by atoms with Crippen molar-refractivity contribution >= 4 is 34.2 Å². The molecular weight excluding hydrogens is 346 g/mol. The maximum absolute atomic E-state index is 12.4. The van der Waals surface area contributed by atoms with Crippen molar-refractivity contribution in [3.63, 3.8) is 0 Å². The van der Waals surface area contributed by atoms with Crippen molar-refractivity contribution in [2.24, 2.45) is 5.73 Å². The van der Waals surface area contributed by atoms with Crippen LogP contribution in [0.4, 0.5) is 5.69 Å². The molecule has 0 aliphatic carbocycles. The molecule has 0 unspecified atom stereocenters. The number of nitrogens with zero attached hydrogens (tertiary/aromatic N) is 1. The highest BCUT2D eigenvalue weighted by Gasteiger charge is 2.19.